The zero-order valence-corrected chi connectivity index (χ0v) is 27.3. The van der Waals surface area contributed by atoms with Crippen LogP contribution in [0.25, 0.3) is 22.8 Å². The van der Waals surface area contributed by atoms with Crippen molar-refractivity contribution in [3.63, 3.8) is 0 Å². The van der Waals surface area contributed by atoms with Crippen LogP contribution < -0.4 is 0 Å². The molecule has 0 unspecified atom stereocenters. The summed E-state index contributed by atoms with van der Waals surface area (Å²) in [4.78, 5) is 19.8. The lowest BCUT2D eigenvalue weighted by Gasteiger charge is -2.60. The predicted octanol–water partition coefficient (Wildman–Crippen LogP) is 9.54. The van der Waals surface area contributed by atoms with E-state index in [0.29, 0.717) is 46.3 Å². The molecule has 6 aliphatic rings. The fraction of sp³-hybridized carbons (Fsp3) is 0.381. The smallest absolute Gasteiger partial charge is 0.0889 e. The lowest BCUT2D eigenvalue weighted by Crippen LogP contribution is -2.51. The second kappa shape index (κ2) is 10.2. The van der Waals surface area contributed by atoms with Gasteiger partial charge in [-0.25, -0.2) is 0 Å². The van der Waals surface area contributed by atoms with Gasteiger partial charge in [0, 0.05) is 35.6 Å². The van der Waals surface area contributed by atoms with Crippen molar-refractivity contribution in [3.8, 4) is 22.8 Å². The lowest BCUT2D eigenvalue weighted by molar-refractivity contribution is -0.00768. The molecule has 0 radical (unpaired) electrons. The highest BCUT2D eigenvalue weighted by Gasteiger charge is 2.58. The van der Waals surface area contributed by atoms with Gasteiger partial charge in [-0.1, -0.05) is 76.2 Å². The van der Waals surface area contributed by atoms with E-state index in [1.54, 1.807) is 0 Å². The van der Waals surface area contributed by atoms with Gasteiger partial charge in [0.2, 0.25) is 0 Å². The summed E-state index contributed by atoms with van der Waals surface area (Å²) in [5, 5.41) is 0. The molecule has 6 atom stereocenters. The van der Waals surface area contributed by atoms with Gasteiger partial charge in [-0.3, -0.25) is 19.9 Å². The zero-order valence-electron chi connectivity index (χ0n) is 27.3. The van der Waals surface area contributed by atoms with Crippen LogP contribution in [0.1, 0.15) is 97.8 Å². The summed E-state index contributed by atoms with van der Waals surface area (Å²) < 4.78 is 0. The summed E-state index contributed by atoms with van der Waals surface area (Å²) in [7, 11) is 0. The van der Waals surface area contributed by atoms with Crippen molar-refractivity contribution in [2.75, 3.05) is 0 Å². The summed E-state index contributed by atoms with van der Waals surface area (Å²) >= 11 is 0. The molecule has 2 fully saturated rings. The molecule has 11 rings (SSSR count). The van der Waals surface area contributed by atoms with E-state index in [-0.39, 0.29) is 0 Å². The van der Waals surface area contributed by atoms with Gasteiger partial charge in [0.25, 0.3) is 0 Å². The van der Waals surface area contributed by atoms with Gasteiger partial charge in [-0.05, 0) is 119 Å². The van der Waals surface area contributed by atoms with Gasteiger partial charge in [0.1, 0.15) is 0 Å². The molecule has 5 aromatic rings. The van der Waals surface area contributed by atoms with Crippen molar-refractivity contribution in [2.24, 2.45) is 22.7 Å². The maximum absolute atomic E-state index is 5.31. The Morgan fingerprint density at radius 3 is 1.33 bits per heavy atom. The molecule has 0 aliphatic heterocycles. The van der Waals surface area contributed by atoms with E-state index in [1.165, 1.54) is 46.5 Å². The molecule has 4 aromatic heterocycles. The fourth-order valence-electron chi connectivity index (χ4n) is 9.99. The fourth-order valence-corrected chi connectivity index (χ4v) is 9.99. The van der Waals surface area contributed by atoms with Crippen LogP contribution in [0.15, 0.2) is 97.3 Å². The van der Waals surface area contributed by atoms with Crippen LogP contribution in [-0.2, 0) is 12.8 Å². The molecule has 6 aliphatic carbocycles. The predicted molar refractivity (Wildman–Crippen MR) is 184 cm³/mol. The minimum atomic E-state index is 0.314. The Kier molecular flexibility index (Phi) is 6.20. The first-order valence-corrected chi connectivity index (χ1v) is 17.2. The monoisotopic (exact) mass is 602 g/mol. The molecule has 46 heavy (non-hydrogen) atoms. The van der Waals surface area contributed by atoms with E-state index < -0.39 is 0 Å². The standard InChI is InChI=1S/C42H42N4/c1-41(2)31-23-33(41)29(39-27(31)15-17-37(45-39)35-9-5-7-19-43-35)21-25-11-13-26(14-12-25)22-30-34-24-32(42(34,3)4)28-16-18-38(46-40(28)30)36-10-6-8-20-44-36/h5-20,29-34H,21-24H2,1-4H3/t29-,30-,31-,32-,33+,34+/m0/s1. The number of hydrogen-bond acceptors (Lipinski definition) is 4. The molecule has 0 amide bonds. The SMILES string of the molecule is CC1(C)[C@@H]2C[C@H]1c1ccc(-c3ccccn3)nc1[C@H]2Cc1ccc(C[C@@H]2c3nc(-c4ccccn4)ccc3[C@@H]3C[C@H]2C3(C)C)cc1. The number of rotatable bonds is 6. The summed E-state index contributed by atoms with van der Waals surface area (Å²) in [6.07, 6.45) is 8.35. The minimum absolute atomic E-state index is 0.314. The molecule has 1 aromatic carbocycles. The first-order chi connectivity index (χ1) is 22.3. The largest absolute Gasteiger partial charge is 0.255 e. The van der Waals surface area contributed by atoms with E-state index in [2.05, 4.69) is 110 Å². The van der Waals surface area contributed by atoms with Gasteiger partial charge in [-0.15, -0.1) is 0 Å². The van der Waals surface area contributed by atoms with E-state index in [9.17, 15) is 0 Å². The van der Waals surface area contributed by atoms with Crippen molar-refractivity contribution in [2.45, 2.75) is 77.0 Å². The van der Waals surface area contributed by atoms with Crippen molar-refractivity contribution < 1.29 is 0 Å². The van der Waals surface area contributed by atoms with Gasteiger partial charge < -0.3 is 0 Å². The molecule has 4 heterocycles. The number of aromatic nitrogens is 4. The van der Waals surface area contributed by atoms with Gasteiger partial charge in [0.05, 0.1) is 22.8 Å². The molecule has 4 heteroatoms. The molecular weight excluding hydrogens is 560 g/mol. The van der Waals surface area contributed by atoms with Crippen molar-refractivity contribution >= 4 is 0 Å². The van der Waals surface area contributed by atoms with Crippen LogP contribution in [0.5, 0.6) is 0 Å². The van der Waals surface area contributed by atoms with Gasteiger partial charge in [-0.2, -0.15) is 0 Å². The summed E-state index contributed by atoms with van der Waals surface area (Å²) in [6.45, 7) is 9.89. The van der Waals surface area contributed by atoms with E-state index >= 15 is 0 Å². The lowest BCUT2D eigenvalue weighted by atomic mass is 9.44. The third kappa shape index (κ3) is 4.18. The Hall–Kier alpha value is -4.18. The Morgan fingerprint density at radius 2 is 0.957 bits per heavy atom. The number of nitrogens with zero attached hydrogens (tertiary/aromatic N) is 4. The van der Waals surface area contributed by atoms with E-state index in [4.69, 9.17) is 9.97 Å². The Balaban J connectivity index is 1.00. The molecule has 2 saturated carbocycles. The van der Waals surface area contributed by atoms with Crippen molar-refractivity contribution in [1.82, 2.24) is 19.9 Å². The maximum Gasteiger partial charge on any atom is 0.0889 e. The third-order valence-electron chi connectivity index (χ3n) is 12.8. The maximum atomic E-state index is 5.31. The molecule has 0 spiro atoms. The molecule has 4 bridgehead atoms. The second-order valence-electron chi connectivity index (χ2n) is 15.6. The van der Waals surface area contributed by atoms with Crippen LogP contribution in [0.2, 0.25) is 0 Å². The van der Waals surface area contributed by atoms with Crippen molar-refractivity contribution in [3.05, 3.63) is 131 Å². The van der Waals surface area contributed by atoms with Crippen molar-refractivity contribution in [1.29, 1.82) is 0 Å². The van der Waals surface area contributed by atoms with Crippen LogP contribution in [0, 0.1) is 22.7 Å². The van der Waals surface area contributed by atoms with Gasteiger partial charge in [0.15, 0.2) is 0 Å². The summed E-state index contributed by atoms with van der Waals surface area (Å²) in [5.74, 6) is 3.38. The Bertz CT molecular complexity index is 1790. The molecule has 0 saturated heterocycles. The van der Waals surface area contributed by atoms with Crippen LogP contribution in [-0.4, -0.2) is 19.9 Å². The molecule has 4 nitrogen and oxygen atoms in total. The van der Waals surface area contributed by atoms with Crippen LogP contribution >= 0.6 is 0 Å². The van der Waals surface area contributed by atoms with Crippen LogP contribution in [0.3, 0.4) is 0 Å². The molecular formula is C42H42N4. The number of pyridine rings is 4. The molecule has 230 valence electrons. The zero-order chi connectivity index (χ0) is 31.2. The first-order valence-electron chi connectivity index (χ1n) is 17.2. The quantitative estimate of drug-likeness (QED) is 0.194. The highest BCUT2D eigenvalue weighted by Crippen LogP contribution is 2.68. The highest BCUT2D eigenvalue weighted by atomic mass is 14.8. The van der Waals surface area contributed by atoms with Crippen LogP contribution in [0.4, 0.5) is 0 Å². The highest BCUT2D eigenvalue weighted by molar-refractivity contribution is 5.58. The Morgan fingerprint density at radius 1 is 0.522 bits per heavy atom. The number of hydrogen-bond donors (Lipinski definition) is 0. The second-order valence-corrected chi connectivity index (χ2v) is 15.6. The summed E-state index contributed by atoms with van der Waals surface area (Å²) in [5.41, 5.74) is 12.9. The Labute approximate surface area is 272 Å². The summed E-state index contributed by atoms with van der Waals surface area (Å²) in [6, 6.07) is 30.8. The minimum Gasteiger partial charge on any atom is -0.255 e. The number of benzene rings is 1. The average molecular weight is 603 g/mol. The topological polar surface area (TPSA) is 51.6 Å². The average Bonchev–Trinajstić information content (AvgIpc) is 3.09. The normalized spacial score (nSPS) is 27.5. The third-order valence-corrected chi connectivity index (χ3v) is 12.8. The first kappa shape index (κ1) is 28.1. The molecule has 0 N–H and O–H groups in total. The van der Waals surface area contributed by atoms with E-state index in [0.717, 1.165) is 35.6 Å². The van der Waals surface area contributed by atoms with E-state index in [1.807, 2.05) is 24.5 Å². The van der Waals surface area contributed by atoms with Gasteiger partial charge >= 0.3 is 0 Å².